The number of ether oxygens (including phenoxy) is 1. The minimum Gasteiger partial charge on any atom is -0.482 e. The molecule has 0 saturated heterocycles. The Hall–Kier alpha value is -2.09. The Morgan fingerprint density at radius 3 is 2.62 bits per heavy atom. The number of rotatable bonds is 7. The van der Waals surface area contributed by atoms with Crippen LogP contribution in [0.2, 0.25) is 10.0 Å². The molecule has 1 fully saturated rings. The second-order valence-electron chi connectivity index (χ2n) is 6.62. The van der Waals surface area contributed by atoms with Crippen LogP contribution in [0.4, 0.5) is 0 Å². The molecule has 150 valence electrons. The lowest BCUT2D eigenvalue weighted by Crippen LogP contribution is -2.36. The molecule has 1 amide bonds. The highest BCUT2D eigenvalue weighted by Gasteiger charge is 2.34. The van der Waals surface area contributed by atoms with E-state index in [1.807, 2.05) is 0 Å². The van der Waals surface area contributed by atoms with Crippen LogP contribution in [0.15, 0.2) is 51.4 Å². The first-order valence-electron chi connectivity index (χ1n) is 8.95. The monoisotopic (exact) mass is 495 g/mol. The first-order valence-corrected chi connectivity index (χ1v) is 10.5. The van der Waals surface area contributed by atoms with Gasteiger partial charge >= 0.3 is 0 Å². The minimum absolute atomic E-state index is 0.115. The molecule has 2 aromatic carbocycles. The maximum atomic E-state index is 12.7. The smallest absolute Gasteiger partial charge is 0.261 e. The molecule has 0 radical (unpaired) electrons. The highest BCUT2D eigenvalue weighted by molar-refractivity contribution is 9.10. The SMILES string of the molecule is O=C(COc1ccc(Br)cc1Cl)N(Cc1nnc(-c2ccc(Cl)cc2)o1)C1CC1. The number of halogens is 3. The molecule has 1 heterocycles. The Morgan fingerprint density at radius 2 is 1.93 bits per heavy atom. The molecule has 29 heavy (non-hydrogen) atoms. The molecule has 0 bridgehead atoms. The van der Waals surface area contributed by atoms with Gasteiger partial charge in [-0.15, -0.1) is 10.2 Å². The summed E-state index contributed by atoms with van der Waals surface area (Å²) in [5.41, 5.74) is 0.769. The Labute approximate surface area is 185 Å². The summed E-state index contributed by atoms with van der Waals surface area (Å²) >= 11 is 15.4. The standard InChI is InChI=1S/C20H16BrCl2N3O3/c21-13-3-8-17(16(23)9-13)28-11-19(27)26(15-6-7-15)10-18-24-25-20(29-18)12-1-4-14(22)5-2-12/h1-5,8-9,15H,6-7,10-11H2. The van der Waals surface area contributed by atoms with Crippen LogP contribution in [-0.4, -0.2) is 33.7 Å². The fourth-order valence-corrected chi connectivity index (χ4v) is 3.65. The molecule has 0 atom stereocenters. The van der Waals surface area contributed by atoms with E-state index in [1.54, 1.807) is 47.4 Å². The first kappa shape index (κ1) is 20.2. The topological polar surface area (TPSA) is 68.5 Å². The van der Waals surface area contributed by atoms with E-state index in [-0.39, 0.29) is 25.1 Å². The largest absolute Gasteiger partial charge is 0.482 e. The van der Waals surface area contributed by atoms with Crippen molar-refractivity contribution in [2.75, 3.05) is 6.61 Å². The van der Waals surface area contributed by atoms with Gasteiger partial charge in [0, 0.05) is 21.1 Å². The van der Waals surface area contributed by atoms with Crippen LogP contribution in [0.5, 0.6) is 5.75 Å². The highest BCUT2D eigenvalue weighted by atomic mass is 79.9. The molecule has 1 saturated carbocycles. The zero-order valence-electron chi connectivity index (χ0n) is 15.1. The summed E-state index contributed by atoms with van der Waals surface area (Å²) in [6, 6.07) is 12.5. The van der Waals surface area contributed by atoms with Crippen molar-refractivity contribution in [2.24, 2.45) is 0 Å². The van der Waals surface area contributed by atoms with Gasteiger partial charge in [-0.1, -0.05) is 39.1 Å². The summed E-state index contributed by atoms with van der Waals surface area (Å²) in [6.07, 6.45) is 1.89. The van der Waals surface area contributed by atoms with E-state index >= 15 is 0 Å². The normalized spacial score (nSPS) is 13.3. The molecule has 1 aliphatic rings. The van der Waals surface area contributed by atoms with Crippen molar-refractivity contribution in [3.63, 3.8) is 0 Å². The predicted octanol–water partition coefficient (Wildman–Crippen LogP) is 5.38. The van der Waals surface area contributed by atoms with E-state index < -0.39 is 0 Å². The lowest BCUT2D eigenvalue weighted by molar-refractivity contribution is -0.134. The van der Waals surface area contributed by atoms with Crippen molar-refractivity contribution in [3.05, 3.63) is 62.9 Å². The van der Waals surface area contributed by atoms with E-state index in [2.05, 4.69) is 26.1 Å². The number of benzene rings is 2. The van der Waals surface area contributed by atoms with Gasteiger partial charge in [0.25, 0.3) is 5.91 Å². The van der Waals surface area contributed by atoms with Gasteiger partial charge in [-0.25, -0.2) is 0 Å². The van der Waals surface area contributed by atoms with Crippen LogP contribution < -0.4 is 4.74 Å². The summed E-state index contributed by atoms with van der Waals surface area (Å²) < 4.78 is 12.2. The molecule has 6 nitrogen and oxygen atoms in total. The Morgan fingerprint density at radius 1 is 1.17 bits per heavy atom. The van der Waals surface area contributed by atoms with Gasteiger partial charge in [0.05, 0.1) is 11.6 Å². The van der Waals surface area contributed by atoms with Crippen LogP contribution in [0.25, 0.3) is 11.5 Å². The second-order valence-corrected chi connectivity index (χ2v) is 8.38. The molecule has 0 aliphatic heterocycles. The molecule has 3 aromatic rings. The molecule has 9 heteroatoms. The Bertz CT molecular complexity index is 1020. The third-order valence-corrected chi connectivity index (χ3v) is 5.46. The van der Waals surface area contributed by atoms with Crippen LogP contribution in [-0.2, 0) is 11.3 Å². The van der Waals surface area contributed by atoms with Crippen LogP contribution >= 0.6 is 39.1 Å². The van der Waals surface area contributed by atoms with Crippen molar-refractivity contribution in [1.29, 1.82) is 0 Å². The molecular formula is C20H16BrCl2N3O3. The summed E-state index contributed by atoms with van der Waals surface area (Å²) in [5.74, 6) is 1.06. The highest BCUT2D eigenvalue weighted by Crippen LogP contribution is 2.30. The fraction of sp³-hybridized carbons (Fsp3) is 0.250. The first-order chi connectivity index (χ1) is 14.0. The molecule has 0 spiro atoms. The summed E-state index contributed by atoms with van der Waals surface area (Å²) in [5, 5.41) is 9.22. The lowest BCUT2D eigenvalue weighted by atomic mass is 10.2. The average molecular weight is 497 g/mol. The molecule has 0 unspecified atom stereocenters. The van der Waals surface area contributed by atoms with Crippen LogP contribution in [0, 0.1) is 0 Å². The van der Waals surface area contributed by atoms with Gasteiger partial charge < -0.3 is 14.1 Å². The Balaban J connectivity index is 1.41. The van der Waals surface area contributed by atoms with Gasteiger partial charge in [0.2, 0.25) is 11.8 Å². The fourth-order valence-electron chi connectivity index (χ4n) is 2.79. The van der Waals surface area contributed by atoms with Gasteiger partial charge in [-0.3, -0.25) is 4.79 Å². The number of nitrogens with zero attached hydrogens (tertiary/aromatic N) is 3. The third-order valence-electron chi connectivity index (χ3n) is 4.42. The van der Waals surface area contributed by atoms with Gasteiger partial charge in [0.1, 0.15) is 5.75 Å². The van der Waals surface area contributed by atoms with E-state index in [9.17, 15) is 4.79 Å². The maximum absolute atomic E-state index is 12.7. The predicted molar refractivity (Wildman–Crippen MR) is 113 cm³/mol. The Kier molecular flexibility index (Phi) is 6.08. The van der Waals surface area contributed by atoms with Crippen molar-refractivity contribution < 1.29 is 13.9 Å². The number of aromatic nitrogens is 2. The second kappa shape index (κ2) is 8.73. The number of carbonyl (C=O) groups excluding carboxylic acids is 1. The molecule has 1 aliphatic carbocycles. The summed E-state index contributed by atoms with van der Waals surface area (Å²) in [4.78, 5) is 14.5. The molecule has 4 rings (SSSR count). The van der Waals surface area contributed by atoms with E-state index in [1.165, 1.54) is 0 Å². The number of hydrogen-bond donors (Lipinski definition) is 0. The van der Waals surface area contributed by atoms with E-state index in [0.29, 0.717) is 27.6 Å². The van der Waals surface area contributed by atoms with Crippen molar-refractivity contribution in [1.82, 2.24) is 15.1 Å². The quantitative estimate of drug-likeness (QED) is 0.439. The van der Waals surface area contributed by atoms with Crippen molar-refractivity contribution >= 4 is 45.0 Å². The zero-order valence-corrected chi connectivity index (χ0v) is 18.2. The molecule has 1 aromatic heterocycles. The zero-order chi connectivity index (χ0) is 20.4. The van der Waals surface area contributed by atoms with Crippen LogP contribution in [0.3, 0.4) is 0 Å². The van der Waals surface area contributed by atoms with Crippen molar-refractivity contribution in [3.8, 4) is 17.2 Å². The summed E-state index contributed by atoms with van der Waals surface area (Å²) in [7, 11) is 0. The van der Waals surface area contributed by atoms with Gasteiger partial charge in [-0.2, -0.15) is 0 Å². The molecular weight excluding hydrogens is 481 g/mol. The number of amides is 1. The third kappa shape index (κ3) is 5.10. The molecule has 0 N–H and O–H groups in total. The van der Waals surface area contributed by atoms with E-state index in [0.717, 1.165) is 22.9 Å². The lowest BCUT2D eigenvalue weighted by Gasteiger charge is -2.20. The minimum atomic E-state index is -0.155. The van der Waals surface area contributed by atoms with Gasteiger partial charge in [-0.05, 0) is 55.3 Å². The summed E-state index contributed by atoms with van der Waals surface area (Å²) in [6.45, 7) is 0.123. The number of carbonyl (C=O) groups is 1. The number of hydrogen-bond acceptors (Lipinski definition) is 5. The maximum Gasteiger partial charge on any atom is 0.261 e. The average Bonchev–Trinajstić information content (AvgIpc) is 3.43. The van der Waals surface area contributed by atoms with Gasteiger partial charge in [0.15, 0.2) is 6.61 Å². The van der Waals surface area contributed by atoms with E-state index in [4.69, 9.17) is 32.4 Å². The van der Waals surface area contributed by atoms with Crippen LogP contribution in [0.1, 0.15) is 18.7 Å². The van der Waals surface area contributed by atoms with Crippen molar-refractivity contribution in [2.45, 2.75) is 25.4 Å².